The van der Waals surface area contributed by atoms with E-state index in [0.29, 0.717) is 11.0 Å². The molecular formula is C13H18BFO4S. The van der Waals surface area contributed by atoms with Crippen molar-refractivity contribution >= 4 is 22.8 Å². The Morgan fingerprint density at radius 2 is 1.55 bits per heavy atom. The summed E-state index contributed by atoms with van der Waals surface area (Å²) in [6.45, 7) is 9.29. The summed E-state index contributed by atoms with van der Waals surface area (Å²) in [5.41, 5.74) is 0.0695. The molecule has 0 radical (unpaired) electrons. The molecule has 0 aromatic heterocycles. The second-order valence-electron chi connectivity index (χ2n) is 6.11. The lowest BCUT2D eigenvalue weighted by Gasteiger charge is -2.32. The van der Waals surface area contributed by atoms with Crippen LogP contribution in [0.3, 0.4) is 0 Å². The topological polar surface area (TPSA) is 52.6 Å². The van der Waals surface area contributed by atoms with E-state index in [4.69, 9.17) is 9.31 Å². The van der Waals surface area contributed by atoms with E-state index in [9.17, 15) is 12.3 Å². The largest absolute Gasteiger partial charge is 0.494 e. The number of aryl methyl sites for hydroxylation is 1. The lowest BCUT2D eigenvalue weighted by atomic mass is 9.78. The second kappa shape index (κ2) is 4.54. The fourth-order valence-corrected chi connectivity index (χ4v) is 2.64. The smallest absolute Gasteiger partial charge is 0.399 e. The molecule has 1 aliphatic heterocycles. The van der Waals surface area contributed by atoms with Crippen molar-refractivity contribution in [3.63, 3.8) is 0 Å². The van der Waals surface area contributed by atoms with Gasteiger partial charge in [-0.25, -0.2) is 0 Å². The SMILES string of the molecule is Cc1cc(B2OC(C)(C)C(C)(C)O2)cc(S(=O)(=O)F)c1. The summed E-state index contributed by atoms with van der Waals surface area (Å²) in [6.07, 6.45) is 0. The molecule has 0 bridgehead atoms. The molecule has 0 N–H and O–H groups in total. The van der Waals surface area contributed by atoms with Crippen molar-refractivity contribution in [2.75, 3.05) is 0 Å². The average Bonchev–Trinajstić information content (AvgIpc) is 2.46. The van der Waals surface area contributed by atoms with Gasteiger partial charge in [0.05, 0.1) is 16.1 Å². The predicted molar refractivity (Wildman–Crippen MR) is 75.2 cm³/mol. The van der Waals surface area contributed by atoms with Crippen molar-refractivity contribution < 1.29 is 21.6 Å². The van der Waals surface area contributed by atoms with Crippen LogP contribution < -0.4 is 5.46 Å². The summed E-state index contributed by atoms with van der Waals surface area (Å²) in [5.74, 6) is 0. The van der Waals surface area contributed by atoms with Crippen LogP contribution in [-0.4, -0.2) is 26.7 Å². The zero-order valence-corrected chi connectivity index (χ0v) is 13.0. The van der Waals surface area contributed by atoms with Gasteiger partial charge in [-0.15, -0.1) is 3.89 Å². The van der Waals surface area contributed by atoms with Crippen LogP contribution in [0.25, 0.3) is 0 Å². The van der Waals surface area contributed by atoms with Crippen LogP contribution in [0, 0.1) is 6.92 Å². The highest BCUT2D eigenvalue weighted by molar-refractivity contribution is 7.86. The molecule has 110 valence electrons. The second-order valence-corrected chi connectivity index (χ2v) is 7.45. The first-order valence-electron chi connectivity index (χ1n) is 6.34. The number of hydrogen-bond acceptors (Lipinski definition) is 4. The van der Waals surface area contributed by atoms with E-state index in [1.807, 2.05) is 27.7 Å². The Bertz CT molecular complexity index is 624. The normalized spacial score (nSPS) is 21.2. The van der Waals surface area contributed by atoms with Gasteiger partial charge in [0.15, 0.2) is 0 Å². The first-order chi connectivity index (χ1) is 8.92. The van der Waals surface area contributed by atoms with Crippen LogP contribution in [0.4, 0.5) is 3.89 Å². The zero-order chi connectivity index (χ0) is 15.3. The van der Waals surface area contributed by atoms with Crippen molar-refractivity contribution in [1.29, 1.82) is 0 Å². The molecule has 0 atom stereocenters. The molecule has 1 aromatic rings. The van der Waals surface area contributed by atoms with Crippen molar-refractivity contribution in [2.45, 2.75) is 50.7 Å². The first-order valence-corrected chi connectivity index (χ1v) is 7.73. The summed E-state index contributed by atoms with van der Waals surface area (Å²) < 4.78 is 46.9. The molecule has 7 heteroatoms. The lowest BCUT2D eigenvalue weighted by Crippen LogP contribution is -2.41. The van der Waals surface area contributed by atoms with Crippen LogP contribution in [0.5, 0.6) is 0 Å². The van der Waals surface area contributed by atoms with Crippen molar-refractivity contribution in [2.24, 2.45) is 0 Å². The fraction of sp³-hybridized carbons (Fsp3) is 0.538. The maximum absolute atomic E-state index is 13.2. The highest BCUT2D eigenvalue weighted by atomic mass is 32.3. The number of halogens is 1. The number of rotatable bonds is 2. The van der Waals surface area contributed by atoms with E-state index in [2.05, 4.69) is 0 Å². The van der Waals surface area contributed by atoms with Crippen LogP contribution in [-0.2, 0) is 19.5 Å². The molecule has 20 heavy (non-hydrogen) atoms. The molecule has 2 rings (SSSR count). The Hall–Kier alpha value is -0.915. The summed E-state index contributed by atoms with van der Waals surface area (Å²) in [6, 6.07) is 4.27. The molecule has 1 aliphatic rings. The van der Waals surface area contributed by atoms with Gasteiger partial charge in [0.1, 0.15) is 0 Å². The quantitative estimate of drug-likeness (QED) is 0.619. The van der Waals surface area contributed by atoms with Gasteiger partial charge in [-0.2, -0.15) is 8.42 Å². The third-order valence-electron chi connectivity index (χ3n) is 3.88. The Kier molecular flexibility index (Phi) is 3.52. The van der Waals surface area contributed by atoms with Gasteiger partial charge in [0.2, 0.25) is 0 Å². The molecule has 0 saturated carbocycles. The predicted octanol–water partition coefficient (Wildman–Crippen LogP) is 1.95. The molecule has 0 unspecified atom stereocenters. The molecule has 1 heterocycles. The van der Waals surface area contributed by atoms with Gasteiger partial charge in [0.25, 0.3) is 0 Å². The Morgan fingerprint density at radius 3 is 2.00 bits per heavy atom. The van der Waals surface area contributed by atoms with Gasteiger partial charge >= 0.3 is 17.3 Å². The van der Waals surface area contributed by atoms with Crippen molar-refractivity contribution in [1.82, 2.24) is 0 Å². The molecule has 0 amide bonds. The first kappa shape index (κ1) is 15.5. The van der Waals surface area contributed by atoms with Gasteiger partial charge in [-0.1, -0.05) is 11.6 Å². The van der Waals surface area contributed by atoms with Gasteiger partial charge < -0.3 is 9.31 Å². The minimum Gasteiger partial charge on any atom is -0.399 e. The maximum Gasteiger partial charge on any atom is 0.494 e. The molecule has 4 nitrogen and oxygen atoms in total. The molecular weight excluding hydrogens is 282 g/mol. The van der Waals surface area contributed by atoms with Gasteiger partial charge in [-0.05, 0) is 52.2 Å². The molecule has 1 saturated heterocycles. The van der Waals surface area contributed by atoms with E-state index in [0.717, 1.165) is 0 Å². The molecule has 0 spiro atoms. The van der Waals surface area contributed by atoms with Gasteiger partial charge in [-0.3, -0.25) is 0 Å². The van der Waals surface area contributed by atoms with E-state index in [-0.39, 0.29) is 4.90 Å². The van der Waals surface area contributed by atoms with Crippen LogP contribution in [0.2, 0.25) is 0 Å². The summed E-state index contributed by atoms with van der Waals surface area (Å²) in [5, 5.41) is 0. The third-order valence-corrected chi connectivity index (χ3v) is 4.68. The standard InChI is InChI=1S/C13H18BFO4S/c1-9-6-10(8-11(7-9)20(15,16)17)14-18-12(2,3)13(4,5)19-14/h6-8H,1-5H3. The highest BCUT2D eigenvalue weighted by Gasteiger charge is 2.51. The van der Waals surface area contributed by atoms with E-state index >= 15 is 0 Å². The molecule has 1 fully saturated rings. The zero-order valence-electron chi connectivity index (χ0n) is 12.2. The minimum absolute atomic E-state index is 0.373. The molecule has 0 aliphatic carbocycles. The van der Waals surface area contributed by atoms with Crippen molar-refractivity contribution in [3.05, 3.63) is 23.8 Å². The third kappa shape index (κ3) is 2.75. The van der Waals surface area contributed by atoms with Gasteiger partial charge in [0, 0.05) is 0 Å². The maximum atomic E-state index is 13.2. The van der Waals surface area contributed by atoms with Crippen molar-refractivity contribution in [3.8, 4) is 0 Å². The van der Waals surface area contributed by atoms with Crippen LogP contribution in [0.1, 0.15) is 33.3 Å². The average molecular weight is 300 g/mol. The fourth-order valence-electron chi connectivity index (χ4n) is 2.03. The Labute approximate surface area is 119 Å². The Morgan fingerprint density at radius 1 is 1.05 bits per heavy atom. The summed E-state index contributed by atoms with van der Waals surface area (Å²) in [4.78, 5) is -0.373. The number of hydrogen-bond donors (Lipinski definition) is 0. The Balaban J connectivity index is 2.44. The summed E-state index contributed by atoms with van der Waals surface area (Å²) in [7, 11) is -5.45. The van der Waals surface area contributed by atoms with Crippen LogP contribution in [0.15, 0.2) is 23.1 Å². The monoisotopic (exact) mass is 300 g/mol. The van der Waals surface area contributed by atoms with E-state index < -0.39 is 28.5 Å². The van der Waals surface area contributed by atoms with Crippen LogP contribution >= 0.6 is 0 Å². The lowest BCUT2D eigenvalue weighted by molar-refractivity contribution is 0.00578. The minimum atomic E-state index is -4.75. The summed E-state index contributed by atoms with van der Waals surface area (Å²) >= 11 is 0. The highest BCUT2D eigenvalue weighted by Crippen LogP contribution is 2.36. The van der Waals surface area contributed by atoms with E-state index in [1.54, 1.807) is 13.0 Å². The molecule has 1 aromatic carbocycles. The number of benzene rings is 1. The van der Waals surface area contributed by atoms with E-state index in [1.165, 1.54) is 12.1 Å².